The number of anilines is 2. The van der Waals surface area contributed by atoms with E-state index in [4.69, 9.17) is 4.99 Å². The van der Waals surface area contributed by atoms with Gasteiger partial charge in [-0.1, -0.05) is 43.5 Å². The highest BCUT2D eigenvalue weighted by Crippen LogP contribution is 2.37. The van der Waals surface area contributed by atoms with Crippen molar-refractivity contribution in [2.45, 2.75) is 33.6 Å². The van der Waals surface area contributed by atoms with Gasteiger partial charge < -0.3 is 4.90 Å². The number of benzene rings is 2. The molecule has 2 aromatic rings. The Morgan fingerprint density at radius 1 is 1.07 bits per heavy atom. The van der Waals surface area contributed by atoms with E-state index in [0.717, 1.165) is 35.0 Å². The van der Waals surface area contributed by atoms with Crippen LogP contribution in [-0.4, -0.2) is 12.3 Å². The van der Waals surface area contributed by atoms with E-state index < -0.39 is 0 Å². The van der Waals surface area contributed by atoms with Gasteiger partial charge in [-0.3, -0.25) is 0 Å². The molecule has 0 N–H and O–H groups in total. The minimum atomic E-state index is 0.785. The van der Waals surface area contributed by atoms with Gasteiger partial charge in [-0.05, 0) is 86.6 Å². The number of nitrogens with zero attached hydrogens (tertiary/aromatic N) is 2. The summed E-state index contributed by atoms with van der Waals surface area (Å²) in [6.07, 6.45) is 8.28. The van der Waals surface area contributed by atoms with Crippen molar-refractivity contribution in [1.82, 2.24) is 0 Å². The monoisotopic (exact) mass is 370 g/mol. The summed E-state index contributed by atoms with van der Waals surface area (Å²) < 4.78 is 0. The summed E-state index contributed by atoms with van der Waals surface area (Å²) >= 11 is 0. The molecule has 0 atom stereocenters. The Labute approximate surface area is 169 Å². The van der Waals surface area contributed by atoms with E-state index >= 15 is 0 Å². The van der Waals surface area contributed by atoms with Gasteiger partial charge in [0, 0.05) is 17.9 Å². The van der Waals surface area contributed by atoms with Crippen LogP contribution in [0.25, 0.3) is 0 Å². The van der Waals surface area contributed by atoms with E-state index in [1.165, 1.54) is 29.8 Å². The number of rotatable bonds is 8. The molecule has 1 aliphatic carbocycles. The van der Waals surface area contributed by atoms with Crippen molar-refractivity contribution >= 4 is 22.8 Å². The zero-order valence-corrected chi connectivity index (χ0v) is 17.3. The van der Waals surface area contributed by atoms with Crippen LogP contribution in [-0.2, 0) is 0 Å². The van der Waals surface area contributed by atoms with E-state index in [2.05, 4.69) is 74.4 Å². The maximum atomic E-state index is 4.90. The molecule has 2 aromatic carbocycles. The van der Waals surface area contributed by atoms with Crippen LogP contribution in [0.3, 0.4) is 0 Å². The molecule has 3 rings (SSSR count). The molecule has 0 aromatic heterocycles. The molecule has 0 amide bonds. The summed E-state index contributed by atoms with van der Waals surface area (Å²) in [6, 6.07) is 15.3. The molecule has 2 nitrogen and oxygen atoms in total. The van der Waals surface area contributed by atoms with E-state index in [1.807, 2.05) is 19.1 Å². The first-order valence-corrected chi connectivity index (χ1v) is 10.0. The molecule has 0 radical (unpaired) electrons. The predicted molar refractivity (Wildman–Crippen MR) is 123 cm³/mol. The van der Waals surface area contributed by atoms with Crippen molar-refractivity contribution in [1.29, 1.82) is 0 Å². The van der Waals surface area contributed by atoms with Gasteiger partial charge >= 0.3 is 0 Å². The lowest BCUT2D eigenvalue weighted by Gasteiger charge is -2.26. The summed E-state index contributed by atoms with van der Waals surface area (Å²) in [6.45, 7) is 15.1. The topological polar surface area (TPSA) is 15.6 Å². The SMILES string of the molecule is C=CC(=C\C)/C(C=C)=N/c1cc(N(CC2CC2)c2cccc(C)c2)ccc1C. The smallest absolute Gasteiger partial charge is 0.0699 e. The molecule has 0 aliphatic heterocycles. The van der Waals surface area contributed by atoms with Gasteiger partial charge in [0.2, 0.25) is 0 Å². The highest BCUT2D eigenvalue weighted by molar-refractivity contribution is 6.11. The molecule has 0 spiro atoms. The van der Waals surface area contributed by atoms with Crippen LogP contribution < -0.4 is 4.90 Å². The van der Waals surface area contributed by atoms with E-state index in [0.29, 0.717) is 0 Å². The largest absolute Gasteiger partial charge is 0.341 e. The average Bonchev–Trinajstić information content (AvgIpc) is 3.52. The van der Waals surface area contributed by atoms with Crippen LogP contribution in [0.5, 0.6) is 0 Å². The Kier molecular flexibility index (Phi) is 6.30. The Morgan fingerprint density at radius 2 is 1.82 bits per heavy atom. The first-order valence-electron chi connectivity index (χ1n) is 10.0. The molecule has 1 aliphatic rings. The second kappa shape index (κ2) is 8.88. The molecule has 0 bridgehead atoms. The lowest BCUT2D eigenvalue weighted by molar-refractivity contribution is 0.813. The van der Waals surface area contributed by atoms with Gasteiger partial charge in [-0.15, -0.1) is 0 Å². The average molecular weight is 371 g/mol. The minimum Gasteiger partial charge on any atom is -0.341 e. The lowest BCUT2D eigenvalue weighted by atomic mass is 10.1. The maximum Gasteiger partial charge on any atom is 0.0699 e. The quantitative estimate of drug-likeness (QED) is 0.353. The predicted octanol–water partition coefficient (Wildman–Crippen LogP) is 7.24. The van der Waals surface area contributed by atoms with Crippen molar-refractivity contribution in [2.24, 2.45) is 10.9 Å². The van der Waals surface area contributed by atoms with Crippen molar-refractivity contribution < 1.29 is 0 Å². The summed E-state index contributed by atoms with van der Waals surface area (Å²) in [4.78, 5) is 7.33. The van der Waals surface area contributed by atoms with E-state index in [-0.39, 0.29) is 0 Å². The molecular formula is C26H30N2. The summed E-state index contributed by atoms with van der Waals surface area (Å²) in [7, 11) is 0. The number of aryl methyl sites for hydroxylation is 2. The molecule has 1 saturated carbocycles. The van der Waals surface area contributed by atoms with Crippen molar-refractivity contribution in [2.75, 3.05) is 11.4 Å². The van der Waals surface area contributed by atoms with Crippen molar-refractivity contribution in [3.05, 3.63) is 90.6 Å². The number of allylic oxidation sites excluding steroid dienone is 4. The molecule has 0 unspecified atom stereocenters. The third-order valence-electron chi connectivity index (χ3n) is 5.22. The zero-order chi connectivity index (χ0) is 20.1. The van der Waals surface area contributed by atoms with Gasteiger partial charge in [0.05, 0.1) is 11.4 Å². The Morgan fingerprint density at radius 3 is 2.43 bits per heavy atom. The Hall–Kier alpha value is -2.87. The van der Waals surface area contributed by atoms with Crippen LogP contribution >= 0.6 is 0 Å². The molecule has 2 heteroatoms. The third-order valence-corrected chi connectivity index (χ3v) is 5.22. The van der Waals surface area contributed by atoms with Crippen LogP contribution in [0.1, 0.15) is 30.9 Å². The molecule has 0 saturated heterocycles. The number of aliphatic imine (C=N–C) groups is 1. The van der Waals surface area contributed by atoms with Crippen LogP contribution in [0.15, 0.2) is 84.4 Å². The highest BCUT2D eigenvalue weighted by atomic mass is 15.1. The molecular weight excluding hydrogens is 340 g/mol. The Balaban J connectivity index is 2.04. The second-order valence-corrected chi connectivity index (χ2v) is 7.51. The van der Waals surface area contributed by atoms with E-state index in [1.54, 1.807) is 6.08 Å². The van der Waals surface area contributed by atoms with E-state index in [9.17, 15) is 0 Å². The zero-order valence-electron chi connectivity index (χ0n) is 17.3. The molecule has 1 fully saturated rings. The highest BCUT2D eigenvalue weighted by Gasteiger charge is 2.25. The van der Waals surface area contributed by atoms with Crippen molar-refractivity contribution in [3.63, 3.8) is 0 Å². The maximum absolute atomic E-state index is 4.90. The molecule has 28 heavy (non-hydrogen) atoms. The van der Waals surface area contributed by atoms with Crippen LogP contribution in [0.2, 0.25) is 0 Å². The van der Waals surface area contributed by atoms with Gasteiger partial charge in [-0.25, -0.2) is 4.99 Å². The summed E-state index contributed by atoms with van der Waals surface area (Å²) in [5.41, 5.74) is 7.68. The van der Waals surface area contributed by atoms with Crippen LogP contribution in [0, 0.1) is 19.8 Å². The second-order valence-electron chi connectivity index (χ2n) is 7.51. The van der Waals surface area contributed by atoms with Gasteiger partial charge in [0.25, 0.3) is 0 Å². The van der Waals surface area contributed by atoms with Gasteiger partial charge in [0.15, 0.2) is 0 Å². The first-order chi connectivity index (χ1) is 13.5. The lowest BCUT2D eigenvalue weighted by Crippen LogP contribution is -2.20. The van der Waals surface area contributed by atoms with Gasteiger partial charge in [-0.2, -0.15) is 0 Å². The number of hydrogen-bond donors (Lipinski definition) is 0. The fourth-order valence-corrected chi connectivity index (χ4v) is 3.33. The normalized spacial score (nSPS) is 14.7. The number of hydrogen-bond acceptors (Lipinski definition) is 2. The first kappa shape index (κ1) is 19.9. The molecule has 0 heterocycles. The minimum absolute atomic E-state index is 0.785. The standard InChI is InChI=1S/C26H30N2/c1-6-22(7-2)25(8-3)27-26-17-24(15-12-20(26)5)28(18-21-13-14-21)23-11-9-10-19(4)16-23/h6-12,15-17,21H,1,3,13-14,18H2,2,4-5H3/b22-7+,27-25+. The van der Waals surface area contributed by atoms with Gasteiger partial charge in [0.1, 0.15) is 0 Å². The fraction of sp³-hybridized carbons (Fsp3) is 0.269. The summed E-state index contributed by atoms with van der Waals surface area (Å²) in [5.74, 6) is 0.785. The third kappa shape index (κ3) is 4.69. The van der Waals surface area contributed by atoms with Crippen molar-refractivity contribution in [3.8, 4) is 0 Å². The van der Waals surface area contributed by atoms with Crippen LogP contribution in [0.4, 0.5) is 17.1 Å². The summed E-state index contributed by atoms with van der Waals surface area (Å²) in [5, 5.41) is 0. The molecule has 144 valence electrons. The fourth-order valence-electron chi connectivity index (χ4n) is 3.33. The Bertz CT molecular complexity index is 929.